The number of esters is 1. The van der Waals surface area contributed by atoms with Crippen molar-refractivity contribution in [1.29, 1.82) is 0 Å². The molecule has 0 fully saturated rings. The number of rotatable bonds is 5. The molecule has 0 aromatic rings. The fraction of sp³-hybridized carbons (Fsp3) is 0.786. The highest BCUT2D eigenvalue weighted by atomic mass is 16.5. The molecule has 1 heterocycles. The summed E-state index contributed by atoms with van der Waals surface area (Å²) in [6.07, 6.45) is 0.891. The lowest BCUT2D eigenvalue weighted by Crippen LogP contribution is -2.39. The maximum Gasteiger partial charge on any atom is 0.337 e. The molecule has 0 spiro atoms. The Kier molecular flexibility index (Phi) is 5.66. The van der Waals surface area contributed by atoms with Crippen LogP contribution in [0.25, 0.3) is 0 Å². The van der Waals surface area contributed by atoms with Gasteiger partial charge in [-0.1, -0.05) is 13.8 Å². The van der Waals surface area contributed by atoms with Gasteiger partial charge >= 0.3 is 5.97 Å². The van der Waals surface area contributed by atoms with Gasteiger partial charge in [0, 0.05) is 31.2 Å². The zero-order valence-electron chi connectivity index (χ0n) is 12.2. The van der Waals surface area contributed by atoms with Crippen LogP contribution in [0.2, 0.25) is 0 Å². The van der Waals surface area contributed by atoms with Crippen molar-refractivity contribution >= 4 is 5.97 Å². The van der Waals surface area contributed by atoms with Gasteiger partial charge in [0.25, 0.3) is 0 Å². The normalized spacial score (nSPS) is 19.0. The lowest BCUT2D eigenvalue weighted by molar-refractivity contribution is -0.139. The summed E-state index contributed by atoms with van der Waals surface area (Å²) < 4.78 is 5.14. The average Bonchev–Trinajstić information content (AvgIpc) is 2.31. The third-order valence-electron chi connectivity index (χ3n) is 3.46. The van der Waals surface area contributed by atoms with Crippen LogP contribution in [-0.4, -0.2) is 43.7 Å². The standard InChI is InChI=1S/C14H26N2O2/c1-6-18-14(17)12-9-16(5)8-7-13(12)15-11(4)10(2)3/h10-11,15H,6-9H2,1-5H3/t11-/m0/s1. The number of nitrogens with zero attached hydrogens (tertiary/aromatic N) is 1. The van der Waals surface area contributed by atoms with E-state index in [-0.39, 0.29) is 5.97 Å². The van der Waals surface area contributed by atoms with Crippen LogP contribution in [-0.2, 0) is 9.53 Å². The quantitative estimate of drug-likeness (QED) is 0.759. The summed E-state index contributed by atoms with van der Waals surface area (Å²) in [7, 11) is 2.03. The van der Waals surface area contributed by atoms with E-state index >= 15 is 0 Å². The first kappa shape index (κ1) is 15.0. The van der Waals surface area contributed by atoms with Crippen molar-refractivity contribution in [3.8, 4) is 0 Å². The van der Waals surface area contributed by atoms with Crippen LogP contribution in [0.5, 0.6) is 0 Å². The van der Waals surface area contributed by atoms with Crippen LogP contribution >= 0.6 is 0 Å². The molecule has 4 heteroatoms. The largest absolute Gasteiger partial charge is 0.463 e. The van der Waals surface area contributed by atoms with Crippen molar-refractivity contribution in [3.63, 3.8) is 0 Å². The molecule has 1 atom stereocenters. The molecule has 0 saturated heterocycles. The Bertz CT molecular complexity index is 324. The fourth-order valence-corrected chi connectivity index (χ4v) is 1.90. The minimum atomic E-state index is -0.178. The zero-order valence-corrected chi connectivity index (χ0v) is 12.2. The number of nitrogens with one attached hydrogen (secondary N) is 1. The van der Waals surface area contributed by atoms with Crippen molar-refractivity contribution < 1.29 is 9.53 Å². The van der Waals surface area contributed by atoms with Gasteiger partial charge in [0.1, 0.15) is 0 Å². The van der Waals surface area contributed by atoms with Crippen molar-refractivity contribution in [2.24, 2.45) is 5.92 Å². The molecule has 0 radical (unpaired) electrons. The number of hydrogen-bond donors (Lipinski definition) is 1. The first-order valence-electron chi connectivity index (χ1n) is 6.79. The maximum absolute atomic E-state index is 12.0. The van der Waals surface area contributed by atoms with E-state index in [4.69, 9.17) is 4.74 Å². The van der Waals surface area contributed by atoms with Crippen molar-refractivity contribution in [3.05, 3.63) is 11.3 Å². The van der Waals surface area contributed by atoms with Crippen LogP contribution in [0.4, 0.5) is 0 Å². The molecule has 0 unspecified atom stereocenters. The molecule has 0 aromatic heterocycles. The second-order valence-corrected chi connectivity index (χ2v) is 5.34. The van der Waals surface area contributed by atoms with Crippen molar-refractivity contribution in [2.75, 3.05) is 26.7 Å². The molecule has 1 aliphatic rings. The van der Waals surface area contributed by atoms with Crippen molar-refractivity contribution in [1.82, 2.24) is 10.2 Å². The van der Waals surface area contributed by atoms with Crippen LogP contribution in [0.1, 0.15) is 34.1 Å². The van der Waals surface area contributed by atoms with Gasteiger partial charge in [-0.3, -0.25) is 0 Å². The summed E-state index contributed by atoms with van der Waals surface area (Å²) in [6.45, 7) is 10.4. The number of carbonyl (C=O) groups excluding carboxylic acids is 1. The highest BCUT2D eigenvalue weighted by Crippen LogP contribution is 2.18. The van der Waals surface area contributed by atoms with Gasteiger partial charge in [0.05, 0.1) is 12.2 Å². The van der Waals surface area contributed by atoms with E-state index < -0.39 is 0 Å². The van der Waals surface area contributed by atoms with E-state index in [1.807, 2.05) is 14.0 Å². The number of ether oxygens (including phenoxy) is 1. The predicted molar refractivity (Wildman–Crippen MR) is 73.2 cm³/mol. The van der Waals surface area contributed by atoms with Gasteiger partial charge < -0.3 is 15.0 Å². The van der Waals surface area contributed by atoms with Gasteiger partial charge in [-0.2, -0.15) is 0 Å². The summed E-state index contributed by atoms with van der Waals surface area (Å²) >= 11 is 0. The molecule has 0 aliphatic carbocycles. The molecule has 0 saturated carbocycles. The van der Waals surface area contributed by atoms with E-state index in [0.717, 1.165) is 24.2 Å². The Labute approximate surface area is 110 Å². The molecule has 18 heavy (non-hydrogen) atoms. The summed E-state index contributed by atoms with van der Waals surface area (Å²) in [6, 6.07) is 0.368. The predicted octanol–water partition coefficient (Wildman–Crippen LogP) is 1.77. The monoisotopic (exact) mass is 254 g/mol. The molecule has 1 N–H and O–H groups in total. The van der Waals surface area contributed by atoms with Crippen LogP contribution in [0, 0.1) is 5.92 Å². The summed E-state index contributed by atoms with van der Waals surface area (Å²) in [4.78, 5) is 14.1. The smallest absolute Gasteiger partial charge is 0.337 e. The third kappa shape index (κ3) is 4.02. The second-order valence-electron chi connectivity index (χ2n) is 5.34. The summed E-state index contributed by atoms with van der Waals surface area (Å²) in [5, 5.41) is 3.48. The Morgan fingerprint density at radius 1 is 1.44 bits per heavy atom. The topological polar surface area (TPSA) is 41.6 Å². The highest BCUT2D eigenvalue weighted by Gasteiger charge is 2.24. The van der Waals surface area contributed by atoms with Crippen LogP contribution in [0.3, 0.4) is 0 Å². The Balaban J connectivity index is 2.84. The van der Waals surface area contributed by atoms with Crippen LogP contribution < -0.4 is 5.32 Å². The Hall–Kier alpha value is -1.03. The van der Waals surface area contributed by atoms with E-state index in [1.165, 1.54) is 0 Å². The molecular formula is C14H26N2O2. The number of likely N-dealkylation sites (N-methyl/N-ethyl adjacent to an activating group) is 1. The maximum atomic E-state index is 12.0. The molecular weight excluding hydrogens is 228 g/mol. The van der Waals surface area contributed by atoms with E-state index in [1.54, 1.807) is 0 Å². The van der Waals surface area contributed by atoms with E-state index in [2.05, 4.69) is 31.0 Å². The van der Waals surface area contributed by atoms with Gasteiger partial charge in [-0.25, -0.2) is 4.79 Å². The first-order chi connectivity index (χ1) is 8.45. The fourth-order valence-electron chi connectivity index (χ4n) is 1.90. The number of hydrogen-bond acceptors (Lipinski definition) is 4. The van der Waals surface area contributed by atoms with E-state index in [0.29, 0.717) is 25.1 Å². The van der Waals surface area contributed by atoms with Gasteiger partial charge in [0.2, 0.25) is 0 Å². The van der Waals surface area contributed by atoms with Crippen molar-refractivity contribution in [2.45, 2.75) is 40.2 Å². The van der Waals surface area contributed by atoms with Gasteiger partial charge in [0.15, 0.2) is 0 Å². The molecule has 0 bridgehead atoms. The Morgan fingerprint density at radius 3 is 2.67 bits per heavy atom. The van der Waals surface area contributed by atoms with Crippen LogP contribution in [0.15, 0.2) is 11.3 Å². The van der Waals surface area contributed by atoms with Gasteiger partial charge in [-0.15, -0.1) is 0 Å². The average molecular weight is 254 g/mol. The second kappa shape index (κ2) is 6.78. The van der Waals surface area contributed by atoms with E-state index in [9.17, 15) is 4.79 Å². The highest BCUT2D eigenvalue weighted by molar-refractivity contribution is 5.90. The molecule has 0 amide bonds. The molecule has 4 nitrogen and oxygen atoms in total. The van der Waals surface area contributed by atoms with Gasteiger partial charge in [-0.05, 0) is 26.8 Å². The summed E-state index contributed by atoms with van der Waals surface area (Å²) in [5.41, 5.74) is 1.85. The molecule has 1 rings (SSSR count). The lowest BCUT2D eigenvalue weighted by Gasteiger charge is -2.30. The summed E-state index contributed by atoms with van der Waals surface area (Å²) in [5.74, 6) is 0.364. The zero-order chi connectivity index (χ0) is 13.7. The molecule has 0 aromatic carbocycles. The lowest BCUT2D eigenvalue weighted by atomic mass is 10.0. The molecule has 104 valence electrons. The minimum absolute atomic E-state index is 0.178. The number of carbonyl (C=O) groups is 1. The third-order valence-corrected chi connectivity index (χ3v) is 3.46. The SMILES string of the molecule is CCOC(=O)C1=C(N[C@@H](C)C(C)C)CCN(C)C1. The molecule has 1 aliphatic heterocycles. The first-order valence-corrected chi connectivity index (χ1v) is 6.79. The minimum Gasteiger partial charge on any atom is -0.463 e. The Morgan fingerprint density at radius 2 is 2.11 bits per heavy atom.